The van der Waals surface area contributed by atoms with Crippen LogP contribution < -0.4 is 27.4 Å². The van der Waals surface area contributed by atoms with E-state index in [-0.39, 0.29) is 5.92 Å². The van der Waals surface area contributed by atoms with Gasteiger partial charge in [0.15, 0.2) is 0 Å². The molecular weight excluding hydrogens is 414 g/mol. The molecule has 0 aromatic carbocycles. The molecule has 12 heteroatoms. The second-order valence-corrected chi connectivity index (χ2v) is 8.36. The van der Waals surface area contributed by atoms with Crippen LogP contribution in [0.3, 0.4) is 0 Å². The van der Waals surface area contributed by atoms with E-state index >= 15 is 0 Å². The number of nitrogens with two attached hydrogens (primary N) is 2. The summed E-state index contributed by atoms with van der Waals surface area (Å²) in [4.78, 5) is 59.2. The van der Waals surface area contributed by atoms with E-state index in [0.29, 0.717) is 18.6 Å². The average Bonchev–Trinajstić information content (AvgIpc) is 2.63. The zero-order chi connectivity index (χ0) is 23.4. The number of carbonyl (C=O) groups is 5. The van der Waals surface area contributed by atoms with Gasteiger partial charge in [-0.05, 0) is 37.7 Å². The number of amides is 4. The minimum atomic E-state index is -1.50. The van der Waals surface area contributed by atoms with Crippen LogP contribution in [-0.4, -0.2) is 70.9 Å². The molecule has 0 saturated heterocycles. The molecule has 0 aromatic rings. The van der Waals surface area contributed by atoms with Crippen LogP contribution in [0.25, 0.3) is 0 Å². The number of hydrogen-bond acceptors (Lipinski definition) is 7. The third-order valence-corrected chi connectivity index (χ3v) is 4.73. The monoisotopic (exact) mass is 447 g/mol. The third-order valence-electron chi connectivity index (χ3n) is 4.08. The first-order valence-electron chi connectivity index (χ1n) is 9.55. The minimum absolute atomic E-state index is 0.0690. The Hall–Kier alpha value is -2.34. The summed E-state index contributed by atoms with van der Waals surface area (Å²) in [5.41, 5.74) is 10.8. The van der Waals surface area contributed by atoms with Crippen LogP contribution in [-0.2, 0) is 24.0 Å². The Morgan fingerprint density at radius 2 is 1.50 bits per heavy atom. The van der Waals surface area contributed by atoms with Crippen molar-refractivity contribution in [3.8, 4) is 0 Å². The van der Waals surface area contributed by atoms with Gasteiger partial charge in [0.05, 0.1) is 12.5 Å². The Bertz CT molecular complexity index is 630. The Labute approximate surface area is 180 Å². The molecule has 4 unspecified atom stereocenters. The highest BCUT2D eigenvalue weighted by Crippen LogP contribution is 2.07. The van der Waals surface area contributed by atoms with Crippen molar-refractivity contribution in [2.24, 2.45) is 17.4 Å². The van der Waals surface area contributed by atoms with Gasteiger partial charge in [-0.25, -0.2) is 4.79 Å². The molecule has 0 bridgehead atoms. The highest BCUT2D eigenvalue weighted by atomic mass is 32.2. The van der Waals surface area contributed by atoms with Gasteiger partial charge in [-0.15, -0.1) is 0 Å². The maximum absolute atomic E-state index is 12.6. The van der Waals surface area contributed by atoms with Crippen molar-refractivity contribution in [1.82, 2.24) is 16.0 Å². The van der Waals surface area contributed by atoms with E-state index in [4.69, 9.17) is 16.6 Å². The summed E-state index contributed by atoms with van der Waals surface area (Å²) in [7, 11) is 0. The molecule has 4 amide bonds. The number of nitrogens with one attached hydrogen (secondary N) is 3. The van der Waals surface area contributed by atoms with Gasteiger partial charge in [0.2, 0.25) is 23.6 Å². The highest BCUT2D eigenvalue weighted by molar-refractivity contribution is 7.98. The first-order valence-corrected chi connectivity index (χ1v) is 10.9. The molecule has 0 aliphatic carbocycles. The number of carboxylic acids is 1. The molecule has 0 spiro atoms. The third kappa shape index (κ3) is 11.0. The summed E-state index contributed by atoms with van der Waals surface area (Å²) in [6.07, 6.45) is 2.09. The smallest absolute Gasteiger partial charge is 0.326 e. The van der Waals surface area contributed by atoms with E-state index in [1.54, 1.807) is 11.8 Å². The molecule has 11 nitrogen and oxygen atoms in total. The molecule has 0 rings (SSSR count). The largest absolute Gasteiger partial charge is 0.480 e. The number of rotatable bonds is 14. The van der Waals surface area contributed by atoms with Gasteiger partial charge >= 0.3 is 5.97 Å². The van der Waals surface area contributed by atoms with Crippen LogP contribution in [0.15, 0.2) is 0 Å². The predicted molar refractivity (Wildman–Crippen MR) is 113 cm³/mol. The normalized spacial score (nSPS) is 14.9. The van der Waals surface area contributed by atoms with Crippen LogP contribution in [0.4, 0.5) is 0 Å². The second kappa shape index (κ2) is 13.8. The number of aliphatic carboxylic acids is 1. The molecule has 172 valence electrons. The number of hydrogen-bond donors (Lipinski definition) is 6. The van der Waals surface area contributed by atoms with Crippen molar-refractivity contribution >= 4 is 41.4 Å². The van der Waals surface area contributed by atoms with Crippen molar-refractivity contribution in [2.75, 3.05) is 12.0 Å². The van der Waals surface area contributed by atoms with Gasteiger partial charge < -0.3 is 32.5 Å². The van der Waals surface area contributed by atoms with E-state index in [1.165, 1.54) is 6.92 Å². The second-order valence-electron chi connectivity index (χ2n) is 7.38. The van der Waals surface area contributed by atoms with Crippen LogP contribution in [0.1, 0.15) is 40.0 Å². The number of primary amides is 1. The van der Waals surface area contributed by atoms with Gasteiger partial charge in [0.1, 0.15) is 18.1 Å². The van der Waals surface area contributed by atoms with E-state index in [2.05, 4.69) is 16.0 Å². The van der Waals surface area contributed by atoms with Crippen molar-refractivity contribution in [3.63, 3.8) is 0 Å². The SMILES string of the molecule is CSCCC(N)C(=O)NC(CC(C)C)C(=O)NC(C)C(=O)NC(CC(N)=O)C(=O)O. The molecule has 0 aromatic heterocycles. The lowest BCUT2D eigenvalue weighted by atomic mass is 10.0. The fraction of sp³-hybridized carbons (Fsp3) is 0.722. The van der Waals surface area contributed by atoms with Gasteiger partial charge in [-0.3, -0.25) is 19.2 Å². The fourth-order valence-electron chi connectivity index (χ4n) is 2.44. The summed E-state index contributed by atoms with van der Waals surface area (Å²) < 4.78 is 0. The van der Waals surface area contributed by atoms with Crippen LogP contribution in [0, 0.1) is 5.92 Å². The van der Waals surface area contributed by atoms with Gasteiger partial charge in [0, 0.05) is 0 Å². The highest BCUT2D eigenvalue weighted by Gasteiger charge is 2.29. The zero-order valence-corrected chi connectivity index (χ0v) is 18.6. The van der Waals surface area contributed by atoms with Crippen LogP contribution in [0.5, 0.6) is 0 Å². The van der Waals surface area contributed by atoms with Gasteiger partial charge in [-0.2, -0.15) is 11.8 Å². The van der Waals surface area contributed by atoms with E-state index in [0.717, 1.165) is 0 Å². The zero-order valence-electron chi connectivity index (χ0n) is 17.8. The Morgan fingerprint density at radius 3 is 1.97 bits per heavy atom. The fourth-order valence-corrected chi connectivity index (χ4v) is 2.92. The Morgan fingerprint density at radius 1 is 0.933 bits per heavy atom. The topological polar surface area (TPSA) is 194 Å². The average molecular weight is 448 g/mol. The lowest BCUT2D eigenvalue weighted by Crippen LogP contribution is -2.56. The first kappa shape index (κ1) is 27.7. The number of carboxylic acid groups (broad SMARTS) is 1. The van der Waals surface area contributed by atoms with Gasteiger partial charge in [-0.1, -0.05) is 13.8 Å². The lowest BCUT2D eigenvalue weighted by Gasteiger charge is -2.24. The van der Waals surface area contributed by atoms with Crippen molar-refractivity contribution < 1.29 is 29.1 Å². The van der Waals surface area contributed by atoms with Crippen molar-refractivity contribution in [1.29, 1.82) is 0 Å². The lowest BCUT2D eigenvalue weighted by molar-refractivity contribution is -0.143. The summed E-state index contributed by atoms with van der Waals surface area (Å²) in [5, 5.41) is 16.3. The molecule has 0 heterocycles. The minimum Gasteiger partial charge on any atom is -0.480 e. The molecular formula is C18H33N5O6S. The molecule has 4 atom stereocenters. The molecule has 8 N–H and O–H groups in total. The molecule has 0 aliphatic heterocycles. The van der Waals surface area contributed by atoms with Crippen LogP contribution >= 0.6 is 11.8 Å². The maximum atomic E-state index is 12.6. The van der Waals surface area contributed by atoms with Crippen LogP contribution in [0.2, 0.25) is 0 Å². The predicted octanol–water partition coefficient (Wildman–Crippen LogP) is -1.45. The maximum Gasteiger partial charge on any atom is 0.326 e. The molecule has 30 heavy (non-hydrogen) atoms. The molecule has 0 fully saturated rings. The summed E-state index contributed by atoms with van der Waals surface area (Å²) in [6.45, 7) is 5.10. The molecule has 0 radical (unpaired) electrons. The van der Waals surface area contributed by atoms with E-state index in [1.807, 2.05) is 20.1 Å². The van der Waals surface area contributed by atoms with Crippen molar-refractivity contribution in [2.45, 2.75) is 64.2 Å². The summed E-state index contributed by atoms with van der Waals surface area (Å²) in [6, 6.07) is -4.28. The molecule has 0 aliphatic rings. The number of thioether (sulfide) groups is 1. The Balaban J connectivity index is 5.03. The summed E-state index contributed by atoms with van der Waals surface area (Å²) in [5.74, 6) is -3.42. The van der Waals surface area contributed by atoms with E-state index in [9.17, 15) is 24.0 Å². The van der Waals surface area contributed by atoms with Crippen molar-refractivity contribution in [3.05, 3.63) is 0 Å². The molecule has 0 saturated carbocycles. The summed E-state index contributed by atoms with van der Waals surface area (Å²) >= 11 is 1.55. The Kier molecular flexibility index (Phi) is 12.7. The van der Waals surface area contributed by atoms with Gasteiger partial charge in [0.25, 0.3) is 0 Å². The van der Waals surface area contributed by atoms with E-state index < -0.39 is 60.2 Å². The standard InChI is InChI=1S/C18H33N5O6S/c1-9(2)7-12(22-16(26)11(19)5-6-30-4)17(27)21-10(3)15(25)23-13(18(28)29)8-14(20)24/h9-13H,5-8,19H2,1-4H3,(H2,20,24)(H,21,27)(H,22,26)(H,23,25)(H,28,29). The quantitative estimate of drug-likeness (QED) is 0.186. The first-order chi connectivity index (χ1) is 13.9. The number of carbonyl (C=O) groups excluding carboxylic acids is 4.